The quantitative estimate of drug-likeness (QED) is 0.772. The maximum Gasteiger partial charge on any atom is 0.194 e. The van der Waals surface area contributed by atoms with Gasteiger partial charge in [0.05, 0.1) is 5.69 Å². The van der Waals surface area contributed by atoms with E-state index in [1.165, 1.54) is 0 Å². The highest BCUT2D eigenvalue weighted by Gasteiger charge is 2.08. The summed E-state index contributed by atoms with van der Waals surface area (Å²) in [6.45, 7) is 0.524. The molecule has 5 heteroatoms. The van der Waals surface area contributed by atoms with Crippen LogP contribution in [0.2, 0.25) is 5.02 Å². The van der Waals surface area contributed by atoms with E-state index in [1.54, 1.807) is 11.3 Å². The summed E-state index contributed by atoms with van der Waals surface area (Å²) in [6, 6.07) is 7.68. The molecule has 0 atom stereocenters. The minimum atomic E-state index is 0.524. The SMILES string of the molecule is NCc1csc2nc(-c3ccc(Cl)cc3)cn12. The van der Waals surface area contributed by atoms with Crippen molar-refractivity contribution in [1.29, 1.82) is 0 Å². The predicted molar refractivity (Wildman–Crippen MR) is 71.4 cm³/mol. The highest BCUT2D eigenvalue weighted by atomic mass is 35.5. The van der Waals surface area contributed by atoms with Crippen molar-refractivity contribution in [2.75, 3.05) is 0 Å². The molecule has 2 heterocycles. The molecule has 0 saturated carbocycles. The van der Waals surface area contributed by atoms with Crippen molar-refractivity contribution >= 4 is 27.9 Å². The van der Waals surface area contributed by atoms with E-state index in [9.17, 15) is 0 Å². The van der Waals surface area contributed by atoms with Crippen molar-refractivity contribution in [1.82, 2.24) is 9.38 Å². The van der Waals surface area contributed by atoms with Crippen LogP contribution >= 0.6 is 22.9 Å². The number of imidazole rings is 1. The van der Waals surface area contributed by atoms with E-state index in [0.29, 0.717) is 6.54 Å². The molecule has 0 aliphatic carbocycles. The van der Waals surface area contributed by atoms with Crippen LogP contribution in [0.3, 0.4) is 0 Å². The number of rotatable bonds is 2. The molecule has 0 saturated heterocycles. The van der Waals surface area contributed by atoms with Gasteiger partial charge in [-0.3, -0.25) is 4.40 Å². The van der Waals surface area contributed by atoms with Gasteiger partial charge in [0.25, 0.3) is 0 Å². The fraction of sp³-hybridized carbons (Fsp3) is 0.0833. The minimum Gasteiger partial charge on any atom is -0.325 e. The highest BCUT2D eigenvalue weighted by molar-refractivity contribution is 7.15. The second kappa shape index (κ2) is 4.14. The molecule has 0 aliphatic heterocycles. The van der Waals surface area contributed by atoms with Gasteiger partial charge in [-0.1, -0.05) is 23.7 Å². The molecule has 3 rings (SSSR count). The molecule has 3 nitrogen and oxygen atoms in total. The van der Waals surface area contributed by atoms with Crippen LogP contribution in [0.25, 0.3) is 16.2 Å². The number of thiazole rings is 1. The monoisotopic (exact) mass is 263 g/mol. The molecule has 0 amide bonds. The fourth-order valence-corrected chi connectivity index (χ4v) is 2.75. The van der Waals surface area contributed by atoms with Crippen LogP contribution in [0.15, 0.2) is 35.8 Å². The van der Waals surface area contributed by atoms with Gasteiger partial charge in [-0.2, -0.15) is 0 Å². The van der Waals surface area contributed by atoms with Gasteiger partial charge < -0.3 is 5.73 Å². The zero-order valence-electron chi connectivity index (χ0n) is 8.93. The third kappa shape index (κ3) is 1.84. The van der Waals surface area contributed by atoms with Gasteiger partial charge in [0.1, 0.15) is 0 Å². The van der Waals surface area contributed by atoms with Gasteiger partial charge in [0.2, 0.25) is 0 Å². The number of fused-ring (bicyclic) bond motifs is 1. The molecular formula is C12H10ClN3S. The number of nitrogens with two attached hydrogens (primary N) is 1. The Kier molecular flexibility index (Phi) is 2.63. The molecule has 0 aliphatic rings. The lowest BCUT2D eigenvalue weighted by Crippen LogP contribution is -1.98. The van der Waals surface area contributed by atoms with Crippen molar-refractivity contribution in [3.05, 3.63) is 46.6 Å². The zero-order chi connectivity index (χ0) is 11.8. The van der Waals surface area contributed by atoms with E-state index in [4.69, 9.17) is 17.3 Å². The maximum absolute atomic E-state index is 5.86. The molecular weight excluding hydrogens is 254 g/mol. The Morgan fingerprint density at radius 3 is 2.76 bits per heavy atom. The van der Waals surface area contributed by atoms with Gasteiger partial charge >= 0.3 is 0 Å². The van der Waals surface area contributed by atoms with E-state index in [2.05, 4.69) is 4.98 Å². The van der Waals surface area contributed by atoms with Gasteiger partial charge in [0.15, 0.2) is 4.96 Å². The Bertz CT molecular complexity index is 654. The summed E-state index contributed by atoms with van der Waals surface area (Å²) in [7, 11) is 0. The molecule has 0 bridgehead atoms. The topological polar surface area (TPSA) is 43.3 Å². The molecule has 0 fully saturated rings. The third-order valence-corrected chi connectivity index (χ3v) is 3.77. The molecule has 86 valence electrons. The Labute approximate surface area is 107 Å². The average Bonchev–Trinajstić information content (AvgIpc) is 2.89. The van der Waals surface area contributed by atoms with E-state index < -0.39 is 0 Å². The maximum atomic E-state index is 5.86. The molecule has 1 aromatic carbocycles. The molecule has 2 N–H and O–H groups in total. The largest absolute Gasteiger partial charge is 0.325 e. The molecule has 0 spiro atoms. The molecule has 0 unspecified atom stereocenters. The van der Waals surface area contributed by atoms with Crippen LogP contribution in [-0.2, 0) is 6.54 Å². The lowest BCUT2D eigenvalue weighted by atomic mass is 10.2. The summed E-state index contributed by atoms with van der Waals surface area (Å²) in [6.07, 6.45) is 2.01. The van der Waals surface area contributed by atoms with E-state index in [1.807, 2.05) is 40.2 Å². The fourth-order valence-electron chi connectivity index (χ4n) is 1.74. The van der Waals surface area contributed by atoms with Crippen molar-refractivity contribution in [3.63, 3.8) is 0 Å². The Morgan fingerprint density at radius 2 is 2.06 bits per heavy atom. The Morgan fingerprint density at radius 1 is 1.29 bits per heavy atom. The normalized spacial score (nSPS) is 11.2. The number of hydrogen-bond donors (Lipinski definition) is 1. The van der Waals surface area contributed by atoms with Crippen molar-refractivity contribution < 1.29 is 0 Å². The predicted octanol–water partition coefficient (Wildman–Crippen LogP) is 3.17. The summed E-state index contributed by atoms with van der Waals surface area (Å²) in [4.78, 5) is 5.53. The van der Waals surface area contributed by atoms with Gasteiger partial charge in [-0.25, -0.2) is 4.98 Å². The number of aromatic nitrogens is 2. The van der Waals surface area contributed by atoms with Gasteiger partial charge in [-0.05, 0) is 12.1 Å². The van der Waals surface area contributed by atoms with Gasteiger partial charge in [-0.15, -0.1) is 11.3 Å². The summed E-state index contributed by atoms with van der Waals surface area (Å²) in [5, 5.41) is 2.77. The lowest BCUT2D eigenvalue weighted by molar-refractivity contribution is 0.966. The second-order valence-electron chi connectivity index (χ2n) is 3.72. The summed E-state index contributed by atoms with van der Waals surface area (Å²) < 4.78 is 2.04. The lowest BCUT2D eigenvalue weighted by Gasteiger charge is -1.96. The first-order valence-corrected chi connectivity index (χ1v) is 6.45. The number of halogens is 1. The number of nitrogens with zero attached hydrogens (tertiary/aromatic N) is 2. The minimum absolute atomic E-state index is 0.524. The standard InChI is InChI=1S/C12H10ClN3S/c13-9-3-1-8(2-4-9)11-6-16-10(5-14)7-17-12(16)15-11/h1-4,6-7H,5,14H2. The Hall–Kier alpha value is -1.36. The summed E-state index contributed by atoms with van der Waals surface area (Å²) >= 11 is 7.47. The molecule has 3 aromatic rings. The second-order valence-corrected chi connectivity index (χ2v) is 4.99. The third-order valence-electron chi connectivity index (χ3n) is 2.63. The van der Waals surface area contributed by atoms with Gasteiger partial charge in [0, 0.05) is 34.4 Å². The van der Waals surface area contributed by atoms with Crippen molar-refractivity contribution in [2.45, 2.75) is 6.54 Å². The van der Waals surface area contributed by atoms with Crippen LogP contribution in [0.1, 0.15) is 5.69 Å². The smallest absolute Gasteiger partial charge is 0.194 e. The summed E-state index contributed by atoms with van der Waals surface area (Å²) in [5.74, 6) is 0. The first kappa shape index (κ1) is 10.8. The van der Waals surface area contributed by atoms with Crippen LogP contribution in [0.4, 0.5) is 0 Å². The van der Waals surface area contributed by atoms with Crippen LogP contribution < -0.4 is 5.73 Å². The molecule has 17 heavy (non-hydrogen) atoms. The van der Waals surface area contributed by atoms with Crippen LogP contribution in [0, 0.1) is 0 Å². The molecule has 0 radical (unpaired) electrons. The number of benzene rings is 1. The highest BCUT2D eigenvalue weighted by Crippen LogP contribution is 2.24. The zero-order valence-corrected chi connectivity index (χ0v) is 10.5. The first-order valence-electron chi connectivity index (χ1n) is 5.19. The van der Waals surface area contributed by atoms with Crippen molar-refractivity contribution in [2.24, 2.45) is 5.73 Å². The van der Waals surface area contributed by atoms with Crippen LogP contribution in [-0.4, -0.2) is 9.38 Å². The first-order chi connectivity index (χ1) is 8.28. The van der Waals surface area contributed by atoms with E-state index in [-0.39, 0.29) is 0 Å². The van der Waals surface area contributed by atoms with E-state index in [0.717, 1.165) is 26.9 Å². The van der Waals surface area contributed by atoms with Crippen LogP contribution in [0.5, 0.6) is 0 Å². The van der Waals surface area contributed by atoms with E-state index >= 15 is 0 Å². The average molecular weight is 264 g/mol. The number of hydrogen-bond acceptors (Lipinski definition) is 3. The Balaban J connectivity index is 2.11. The molecule has 2 aromatic heterocycles. The summed E-state index contributed by atoms with van der Waals surface area (Å²) in [5.41, 5.74) is 8.76. The van der Waals surface area contributed by atoms with Crippen molar-refractivity contribution in [3.8, 4) is 11.3 Å².